The lowest BCUT2D eigenvalue weighted by Crippen LogP contribution is -2.44. The Labute approximate surface area is 148 Å². The van der Waals surface area contributed by atoms with Crippen LogP contribution in [0, 0.1) is 0 Å². The van der Waals surface area contributed by atoms with Crippen LogP contribution < -0.4 is 15.4 Å². The summed E-state index contributed by atoms with van der Waals surface area (Å²) in [5.74, 6) is 0.649. The molecule has 0 aliphatic heterocycles. The lowest BCUT2D eigenvalue weighted by Gasteiger charge is -2.19. The Balaban J connectivity index is 1.83. The Morgan fingerprint density at radius 3 is 2.25 bits per heavy atom. The van der Waals surface area contributed by atoms with E-state index in [4.69, 9.17) is 16.3 Å². The molecule has 2 aromatic carbocycles. The maximum absolute atomic E-state index is 12.1. The third-order valence-corrected chi connectivity index (χ3v) is 3.95. The zero-order chi connectivity index (χ0) is 17.5. The van der Waals surface area contributed by atoms with Gasteiger partial charge in [0.1, 0.15) is 5.75 Å². The highest BCUT2D eigenvalue weighted by Gasteiger charge is 2.12. The number of aryl methyl sites for hydroxylation is 1. The van der Waals surface area contributed by atoms with Crippen molar-refractivity contribution in [1.29, 1.82) is 0 Å². The van der Waals surface area contributed by atoms with Crippen molar-refractivity contribution in [3.8, 4) is 5.75 Å². The smallest absolute Gasteiger partial charge is 0.318 e. The number of nitrogens with one attached hydrogen (secondary N) is 2. The highest BCUT2D eigenvalue weighted by atomic mass is 35.5. The summed E-state index contributed by atoms with van der Waals surface area (Å²) >= 11 is 5.83. The molecule has 0 aliphatic carbocycles. The Kier molecular flexibility index (Phi) is 6.50. The van der Waals surface area contributed by atoms with Gasteiger partial charge >= 0.3 is 6.03 Å². The molecule has 0 saturated heterocycles. The molecule has 2 aromatic rings. The molecule has 0 aromatic heterocycles. The Morgan fingerprint density at radius 2 is 1.67 bits per heavy atom. The van der Waals surface area contributed by atoms with E-state index in [2.05, 4.69) is 29.7 Å². The van der Waals surface area contributed by atoms with Gasteiger partial charge in [-0.05, 0) is 55.7 Å². The number of halogens is 1. The summed E-state index contributed by atoms with van der Waals surface area (Å²) in [6, 6.07) is 14.9. The van der Waals surface area contributed by atoms with E-state index in [1.165, 1.54) is 5.56 Å². The molecule has 2 amide bonds. The number of carbonyl (C=O) groups is 1. The second kappa shape index (κ2) is 8.60. The van der Waals surface area contributed by atoms with Crippen molar-refractivity contribution in [2.45, 2.75) is 39.5 Å². The van der Waals surface area contributed by atoms with E-state index < -0.39 is 6.23 Å². The second-order valence-electron chi connectivity index (χ2n) is 5.65. The average molecular weight is 347 g/mol. The molecular weight excluding hydrogens is 324 g/mol. The van der Waals surface area contributed by atoms with Gasteiger partial charge in [0.05, 0.1) is 6.04 Å². The van der Waals surface area contributed by atoms with E-state index in [0.717, 1.165) is 12.0 Å². The number of urea groups is 1. The van der Waals surface area contributed by atoms with Crippen LogP contribution in [0.4, 0.5) is 4.79 Å². The largest absolute Gasteiger partial charge is 0.471 e. The molecule has 2 N–H and O–H groups in total. The summed E-state index contributed by atoms with van der Waals surface area (Å²) in [6.45, 7) is 5.84. The van der Waals surface area contributed by atoms with E-state index >= 15 is 0 Å². The number of hydrogen-bond acceptors (Lipinski definition) is 2. The number of carbonyl (C=O) groups excluding carboxylic acids is 1. The molecule has 0 spiro atoms. The van der Waals surface area contributed by atoms with Gasteiger partial charge in [-0.2, -0.15) is 0 Å². The van der Waals surface area contributed by atoms with Gasteiger partial charge in [-0.1, -0.05) is 42.8 Å². The minimum absolute atomic E-state index is 0.0846. The van der Waals surface area contributed by atoms with Crippen LogP contribution in [0.25, 0.3) is 0 Å². The van der Waals surface area contributed by atoms with E-state index in [-0.39, 0.29) is 12.1 Å². The zero-order valence-electron chi connectivity index (χ0n) is 14.2. The third kappa shape index (κ3) is 5.46. The molecule has 0 saturated carbocycles. The van der Waals surface area contributed by atoms with Gasteiger partial charge < -0.3 is 15.4 Å². The molecule has 2 rings (SSSR count). The lowest BCUT2D eigenvalue weighted by atomic mass is 10.1. The third-order valence-electron chi connectivity index (χ3n) is 3.70. The van der Waals surface area contributed by atoms with Gasteiger partial charge in [0.2, 0.25) is 0 Å². The summed E-state index contributed by atoms with van der Waals surface area (Å²) < 4.78 is 5.63. The van der Waals surface area contributed by atoms with Crippen LogP contribution in [-0.4, -0.2) is 12.3 Å². The number of ether oxygens (including phenoxy) is 1. The van der Waals surface area contributed by atoms with Crippen molar-refractivity contribution in [3.05, 3.63) is 64.7 Å². The first kappa shape index (κ1) is 18.1. The number of hydrogen-bond donors (Lipinski definition) is 2. The number of benzene rings is 2. The number of rotatable bonds is 6. The van der Waals surface area contributed by atoms with Crippen LogP contribution in [0.2, 0.25) is 5.02 Å². The Morgan fingerprint density at radius 1 is 1.04 bits per heavy atom. The van der Waals surface area contributed by atoms with Crippen LogP contribution in [0.1, 0.15) is 37.9 Å². The van der Waals surface area contributed by atoms with E-state index in [0.29, 0.717) is 10.8 Å². The van der Waals surface area contributed by atoms with Crippen molar-refractivity contribution in [3.63, 3.8) is 0 Å². The van der Waals surface area contributed by atoms with Crippen molar-refractivity contribution in [1.82, 2.24) is 10.6 Å². The van der Waals surface area contributed by atoms with Gasteiger partial charge in [-0.25, -0.2) is 4.79 Å². The SMILES string of the molecule is CCc1ccc(C(C)NC(=O)NC(C)Oc2ccc(Cl)cc2)cc1. The summed E-state index contributed by atoms with van der Waals surface area (Å²) in [5.41, 5.74) is 2.34. The second-order valence-corrected chi connectivity index (χ2v) is 6.09. The average Bonchev–Trinajstić information content (AvgIpc) is 2.56. The quantitative estimate of drug-likeness (QED) is 0.745. The predicted octanol–water partition coefficient (Wildman–Crippen LogP) is 4.69. The normalized spacial score (nSPS) is 13.0. The van der Waals surface area contributed by atoms with Crippen molar-refractivity contribution in [2.24, 2.45) is 0 Å². The molecule has 128 valence electrons. The van der Waals surface area contributed by atoms with Gasteiger partial charge in [0.15, 0.2) is 6.23 Å². The molecule has 5 heteroatoms. The fourth-order valence-corrected chi connectivity index (χ4v) is 2.42. The minimum Gasteiger partial charge on any atom is -0.471 e. The Hall–Kier alpha value is -2.20. The molecule has 4 nitrogen and oxygen atoms in total. The summed E-state index contributed by atoms with van der Waals surface area (Å²) in [5, 5.41) is 6.31. The standard InChI is InChI=1S/C19H23ClN2O2/c1-4-15-5-7-16(8-6-15)13(2)21-19(23)22-14(3)24-18-11-9-17(20)10-12-18/h5-14H,4H2,1-3H3,(H2,21,22,23). The molecular formula is C19H23ClN2O2. The van der Waals surface area contributed by atoms with Crippen LogP contribution in [0.3, 0.4) is 0 Å². The molecule has 0 bridgehead atoms. The maximum Gasteiger partial charge on any atom is 0.318 e. The molecule has 0 heterocycles. The molecule has 0 fully saturated rings. The van der Waals surface area contributed by atoms with Crippen LogP contribution >= 0.6 is 11.6 Å². The highest BCUT2D eigenvalue weighted by molar-refractivity contribution is 6.30. The molecule has 0 radical (unpaired) electrons. The van der Waals surface area contributed by atoms with Gasteiger partial charge in [0.25, 0.3) is 0 Å². The summed E-state index contributed by atoms with van der Waals surface area (Å²) in [7, 11) is 0. The summed E-state index contributed by atoms with van der Waals surface area (Å²) in [4.78, 5) is 12.1. The minimum atomic E-state index is -0.458. The first-order valence-corrected chi connectivity index (χ1v) is 8.44. The van der Waals surface area contributed by atoms with Crippen LogP contribution in [-0.2, 0) is 6.42 Å². The van der Waals surface area contributed by atoms with Crippen molar-refractivity contribution in [2.75, 3.05) is 0 Å². The topological polar surface area (TPSA) is 50.4 Å². The van der Waals surface area contributed by atoms with Gasteiger partial charge in [-0.3, -0.25) is 0 Å². The van der Waals surface area contributed by atoms with E-state index in [9.17, 15) is 4.79 Å². The predicted molar refractivity (Wildman–Crippen MR) is 97.4 cm³/mol. The fraction of sp³-hybridized carbons (Fsp3) is 0.316. The fourth-order valence-electron chi connectivity index (χ4n) is 2.30. The molecule has 2 unspecified atom stereocenters. The molecule has 2 atom stereocenters. The lowest BCUT2D eigenvalue weighted by molar-refractivity contribution is 0.175. The van der Waals surface area contributed by atoms with Crippen molar-refractivity contribution < 1.29 is 9.53 Å². The summed E-state index contributed by atoms with van der Waals surface area (Å²) in [6.07, 6.45) is 0.545. The van der Waals surface area contributed by atoms with E-state index in [1.54, 1.807) is 31.2 Å². The number of amides is 2. The van der Waals surface area contributed by atoms with E-state index in [1.807, 2.05) is 19.1 Å². The van der Waals surface area contributed by atoms with Crippen LogP contribution in [0.15, 0.2) is 48.5 Å². The Bertz CT molecular complexity index is 656. The molecule has 0 aliphatic rings. The zero-order valence-corrected chi connectivity index (χ0v) is 14.9. The van der Waals surface area contributed by atoms with Crippen LogP contribution in [0.5, 0.6) is 5.75 Å². The monoisotopic (exact) mass is 346 g/mol. The van der Waals surface area contributed by atoms with Crippen molar-refractivity contribution >= 4 is 17.6 Å². The first-order valence-electron chi connectivity index (χ1n) is 8.06. The highest BCUT2D eigenvalue weighted by Crippen LogP contribution is 2.16. The molecule has 24 heavy (non-hydrogen) atoms. The maximum atomic E-state index is 12.1. The van der Waals surface area contributed by atoms with Gasteiger partial charge in [0, 0.05) is 5.02 Å². The van der Waals surface area contributed by atoms with Gasteiger partial charge in [-0.15, -0.1) is 0 Å². The first-order chi connectivity index (χ1) is 11.5.